The fourth-order valence-electron chi connectivity index (χ4n) is 3.34. The fourth-order valence-corrected chi connectivity index (χ4v) is 3.34. The number of esters is 1. The van der Waals surface area contributed by atoms with Gasteiger partial charge in [0.1, 0.15) is 0 Å². The third kappa shape index (κ3) is 40.6. The van der Waals surface area contributed by atoms with Crippen LogP contribution in [0.5, 0.6) is 0 Å². The maximum Gasteiger partial charge on any atom is 0.332 e. The minimum Gasteiger partial charge on any atom is -0.478 e. The number of thiol groups is 2. The van der Waals surface area contributed by atoms with Crippen molar-refractivity contribution in [3.63, 3.8) is 0 Å². The van der Waals surface area contributed by atoms with E-state index in [1.165, 1.54) is 103 Å². The molecular weight excluding hydrogens is 497 g/mol. The second-order valence-electron chi connectivity index (χ2n) is 8.87. The predicted molar refractivity (Wildman–Crippen MR) is 163 cm³/mol. The van der Waals surface area contributed by atoms with Gasteiger partial charge in [0.15, 0.2) is 0 Å². The van der Waals surface area contributed by atoms with Gasteiger partial charge >= 0.3 is 11.9 Å². The van der Waals surface area contributed by atoms with Crippen molar-refractivity contribution in [2.24, 2.45) is 0 Å². The van der Waals surface area contributed by atoms with Crippen LogP contribution < -0.4 is 0 Å². The normalized spacial score (nSPS) is 9.74. The second kappa shape index (κ2) is 31.2. The molecule has 0 aliphatic heterocycles. The Hall–Kier alpha value is -0.790. The van der Waals surface area contributed by atoms with E-state index in [2.05, 4.69) is 62.3 Å². The molecule has 0 unspecified atom stereocenters. The lowest BCUT2D eigenvalue weighted by Gasteiger charge is -2.04. The third-order valence-corrected chi connectivity index (χ3v) is 5.42. The highest BCUT2D eigenvalue weighted by Crippen LogP contribution is 2.15. The van der Waals surface area contributed by atoms with Crippen LogP contribution >= 0.6 is 37.5 Å². The van der Waals surface area contributed by atoms with Gasteiger partial charge < -0.3 is 9.84 Å². The van der Waals surface area contributed by atoms with Crippen molar-refractivity contribution in [2.45, 2.75) is 129 Å². The summed E-state index contributed by atoms with van der Waals surface area (Å²) in [5.74, 6) is -1.19. The van der Waals surface area contributed by atoms with Gasteiger partial charge in [0, 0.05) is 11.1 Å². The maximum absolute atomic E-state index is 10.6. The molecule has 0 aliphatic carbocycles. The summed E-state index contributed by atoms with van der Waals surface area (Å²) in [5, 5.41) is 8.72. The van der Waals surface area contributed by atoms with Gasteiger partial charge in [-0.15, -0.1) is 25.3 Å². The third-order valence-electron chi connectivity index (χ3n) is 5.42. The molecular formula is C28H52O4S3. The molecule has 35 heavy (non-hydrogen) atoms. The number of ether oxygens (including phenoxy) is 1. The van der Waals surface area contributed by atoms with E-state index in [1.54, 1.807) is 6.92 Å². The number of carbonyl (C=O) groups is 2. The van der Waals surface area contributed by atoms with Crippen molar-refractivity contribution < 1.29 is 19.4 Å². The molecule has 0 amide bonds. The number of methoxy groups -OCH3 is 1. The molecule has 1 N–H and O–H groups in total. The van der Waals surface area contributed by atoms with Crippen LogP contribution in [0.1, 0.15) is 129 Å². The highest BCUT2D eigenvalue weighted by atomic mass is 32.2. The Kier molecular flexibility index (Phi) is 34.6. The Morgan fingerprint density at radius 3 is 1.23 bits per heavy atom. The molecule has 0 rings (SSSR count). The van der Waals surface area contributed by atoms with Gasteiger partial charge in [0.25, 0.3) is 0 Å². The number of hydrogen-bond acceptors (Lipinski definition) is 4. The van der Waals surface area contributed by atoms with Crippen molar-refractivity contribution in [1.82, 2.24) is 0 Å². The van der Waals surface area contributed by atoms with Crippen molar-refractivity contribution in [3.8, 4) is 0 Å². The topological polar surface area (TPSA) is 63.6 Å². The molecule has 0 aliphatic rings. The van der Waals surface area contributed by atoms with Crippen molar-refractivity contribution in [1.29, 1.82) is 0 Å². The number of unbranched alkanes of at least 4 members (excludes halogenated alkanes) is 16. The molecule has 0 spiro atoms. The predicted octanol–water partition coefficient (Wildman–Crippen LogP) is 9.54. The highest BCUT2D eigenvalue weighted by molar-refractivity contribution is 8.34. The van der Waals surface area contributed by atoms with Crippen molar-refractivity contribution >= 4 is 52.9 Å². The summed E-state index contributed by atoms with van der Waals surface area (Å²) >= 11 is 11.4. The molecule has 0 aromatic heterocycles. The van der Waals surface area contributed by atoms with E-state index in [9.17, 15) is 9.59 Å². The molecule has 0 aromatic carbocycles. The monoisotopic (exact) mass is 548 g/mol. The minimum atomic E-state index is -0.841. The molecule has 7 heteroatoms. The summed E-state index contributed by atoms with van der Waals surface area (Å²) < 4.78 is 4.66. The first-order valence-electron chi connectivity index (χ1n) is 13.2. The number of carboxylic acid groups (broad SMARTS) is 1. The fraction of sp³-hybridized carbons (Fsp3) is 0.750. The van der Waals surface area contributed by atoms with Gasteiger partial charge in [-0.3, -0.25) is 0 Å². The molecule has 0 heterocycles. The standard InChI is InChI=1S/C22H42O2.C5H8O2.CH2S3/c1-3-4-5-6-7-8-9-10-11-12-13-14-15-16-17-18-19-20-21(2)22(23)24;1-4(2)5(6)7-3;2-1(3)4/h2-20H2,1H3,(H,23,24);1H2,2-3H3;(H2,2,3,4). The van der Waals surface area contributed by atoms with Gasteiger partial charge in [0.2, 0.25) is 0 Å². The molecule has 206 valence electrons. The molecule has 0 atom stereocenters. The first kappa shape index (κ1) is 38.7. The second-order valence-corrected chi connectivity index (χ2v) is 11.1. The number of carboxylic acids is 1. The molecule has 0 aromatic rings. The van der Waals surface area contributed by atoms with Gasteiger partial charge in [-0.05, 0) is 19.8 Å². The zero-order valence-corrected chi connectivity index (χ0v) is 25.2. The van der Waals surface area contributed by atoms with E-state index in [1.807, 2.05) is 0 Å². The number of rotatable bonds is 20. The molecule has 0 saturated heterocycles. The van der Waals surface area contributed by atoms with Crippen LogP contribution in [-0.4, -0.2) is 27.7 Å². The average molecular weight is 549 g/mol. The zero-order valence-electron chi connectivity index (χ0n) is 22.6. The Bertz CT molecular complexity index is 558. The van der Waals surface area contributed by atoms with Crippen LogP contribution in [0.3, 0.4) is 0 Å². The molecule has 0 fully saturated rings. The van der Waals surface area contributed by atoms with Crippen LogP contribution in [0.15, 0.2) is 24.3 Å². The van der Waals surface area contributed by atoms with Crippen LogP contribution in [0.2, 0.25) is 0 Å². The molecule has 0 bridgehead atoms. The summed E-state index contributed by atoms with van der Waals surface area (Å²) in [6.07, 6.45) is 23.7. The first-order chi connectivity index (χ1) is 16.6. The maximum atomic E-state index is 10.6. The van der Waals surface area contributed by atoms with Gasteiger partial charge in [-0.1, -0.05) is 135 Å². The van der Waals surface area contributed by atoms with E-state index in [0.29, 0.717) is 21.1 Å². The Balaban J connectivity index is -0.000000769. The van der Waals surface area contributed by atoms with Crippen LogP contribution in [0.25, 0.3) is 0 Å². The number of carbonyl (C=O) groups excluding carboxylic acids is 1. The largest absolute Gasteiger partial charge is 0.478 e. The number of thiocarbonyl (C=S) groups is 1. The lowest BCUT2D eigenvalue weighted by Crippen LogP contribution is -1.98. The van der Waals surface area contributed by atoms with Gasteiger partial charge in [0.05, 0.1) is 10.6 Å². The first-order valence-corrected chi connectivity index (χ1v) is 14.5. The number of aliphatic carboxylic acids is 1. The van der Waals surface area contributed by atoms with Crippen LogP contribution in [0.4, 0.5) is 0 Å². The number of hydrogen-bond donors (Lipinski definition) is 3. The lowest BCUT2D eigenvalue weighted by atomic mass is 10.0. The highest BCUT2D eigenvalue weighted by Gasteiger charge is 2.02. The molecule has 0 radical (unpaired) electrons. The molecule has 4 nitrogen and oxygen atoms in total. The summed E-state index contributed by atoms with van der Waals surface area (Å²) in [7, 11) is 1.33. The SMILES string of the molecule is C=C(C)C(=O)OC.C=C(CCCCCCCCCCCCCCCCCCC)C(=O)O.S=C(S)S. The smallest absolute Gasteiger partial charge is 0.332 e. The van der Waals surface area contributed by atoms with E-state index in [4.69, 9.17) is 5.11 Å². The van der Waals surface area contributed by atoms with Crippen LogP contribution in [0, 0.1) is 0 Å². The Morgan fingerprint density at radius 2 is 1.03 bits per heavy atom. The van der Waals surface area contributed by atoms with Gasteiger partial charge in [-0.25, -0.2) is 9.59 Å². The summed E-state index contributed by atoms with van der Waals surface area (Å²) in [5.41, 5.74) is 0.790. The van der Waals surface area contributed by atoms with E-state index in [0.717, 1.165) is 12.8 Å². The quantitative estimate of drug-likeness (QED) is 0.0465. The van der Waals surface area contributed by atoms with E-state index >= 15 is 0 Å². The van der Waals surface area contributed by atoms with Crippen LogP contribution in [-0.2, 0) is 14.3 Å². The zero-order chi connectivity index (χ0) is 27.3. The molecule has 0 saturated carbocycles. The van der Waals surface area contributed by atoms with Gasteiger partial charge in [-0.2, -0.15) is 0 Å². The lowest BCUT2D eigenvalue weighted by molar-refractivity contribution is -0.136. The average Bonchev–Trinajstić information content (AvgIpc) is 2.80. The summed E-state index contributed by atoms with van der Waals surface area (Å²) in [6.45, 7) is 10.8. The van der Waals surface area contributed by atoms with Crippen molar-refractivity contribution in [3.05, 3.63) is 24.3 Å². The minimum absolute atomic E-state index is 0.347. The Labute approximate surface area is 232 Å². The Morgan fingerprint density at radius 1 is 0.743 bits per heavy atom. The summed E-state index contributed by atoms with van der Waals surface area (Å²) in [4.78, 5) is 20.8. The van der Waals surface area contributed by atoms with E-state index in [-0.39, 0.29) is 5.97 Å². The van der Waals surface area contributed by atoms with Crippen molar-refractivity contribution in [2.75, 3.05) is 7.11 Å². The van der Waals surface area contributed by atoms with E-state index < -0.39 is 5.97 Å². The summed E-state index contributed by atoms with van der Waals surface area (Å²) in [6, 6.07) is 0.